The molecule has 2 rings (SSSR count). The van der Waals surface area contributed by atoms with Crippen LogP contribution in [0.25, 0.3) is 0 Å². The molecule has 1 N–H and O–H groups in total. The van der Waals surface area contributed by atoms with Gasteiger partial charge in [-0.25, -0.2) is 0 Å². The summed E-state index contributed by atoms with van der Waals surface area (Å²) in [6.45, 7) is 0.609. The van der Waals surface area contributed by atoms with Crippen molar-refractivity contribution in [3.05, 3.63) is 46.2 Å². The van der Waals surface area contributed by atoms with E-state index in [-0.39, 0.29) is 6.61 Å². The first-order valence-corrected chi connectivity index (χ1v) is 7.65. The van der Waals surface area contributed by atoms with Crippen molar-refractivity contribution in [3.8, 4) is 17.6 Å². The maximum atomic E-state index is 8.76. The average molecular weight is 301 g/mol. The molecular weight excluding hydrogens is 282 g/mol. The summed E-state index contributed by atoms with van der Waals surface area (Å²) in [5, 5.41) is 10.8. The van der Waals surface area contributed by atoms with Crippen LogP contribution in [0.1, 0.15) is 16.9 Å². The van der Waals surface area contributed by atoms with Gasteiger partial charge in [-0.05, 0) is 23.6 Å². The van der Waals surface area contributed by atoms with Crippen LogP contribution in [0.5, 0.6) is 5.75 Å². The van der Waals surface area contributed by atoms with Crippen LogP contribution in [-0.4, -0.2) is 25.8 Å². The zero-order chi connectivity index (χ0) is 15.1. The largest absolute Gasteiger partial charge is 0.488 e. The second-order valence-corrected chi connectivity index (χ2v) is 5.71. The van der Waals surface area contributed by atoms with Crippen LogP contribution in [-0.2, 0) is 6.61 Å². The summed E-state index contributed by atoms with van der Waals surface area (Å²) in [5.41, 5.74) is 2.10. The number of aliphatic hydroxyl groups is 1. The lowest BCUT2D eigenvalue weighted by Gasteiger charge is -2.13. The number of benzene rings is 1. The molecule has 0 saturated heterocycles. The molecule has 4 heteroatoms. The third-order valence-electron chi connectivity index (χ3n) is 2.91. The van der Waals surface area contributed by atoms with Crippen LogP contribution >= 0.6 is 11.3 Å². The Bertz CT molecular complexity index is 637. The zero-order valence-corrected chi connectivity index (χ0v) is 13.1. The van der Waals surface area contributed by atoms with E-state index in [1.54, 1.807) is 11.3 Å². The van der Waals surface area contributed by atoms with E-state index in [4.69, 9.17) is 9.84 Å². The van der Waals surface area contributed by atoms with E-state index >= 15 is 0 Å². The molecule has 0 spiro atoms. The minimum atomic E-state index is 0.0975. The van der Waals surface area contributed by atoms with Gasteiger partial charge in [0.1, 0.15) is 12.4 Å². The molecule has 0 aliphatic carbocycles. The van der Waals surface area contributed by atoms with Crippen molar-refractivity contribution in [1.82, 2.24) is 0 Å². The molecule has 1 aromatic heterocycles. The summed E-state index contributed by atoms with van der Waals surface area (Å²) >= 11 is 1.64. The van der Waals surface area contributed by atoms with E-state index in [1.807, 2.05) is 54.7 Å². The van der Waals surface area contributed by atoms with Crippen molar-refractivity contribution in [3.63, 3.8) is 0 Å². The predicted octanol–water partition coefficient (Wildman–Crippen LogP) is 3.13. The highest BCUT2D eigenvalue weighted by atomic mass is 32.1. The van der Waals surface area contributed by atoms with E-state index in [9.17, 15) is 0 Å². The van der Waals surface area contributed by atoms with Crippen molar-refractivity contribution >= 4 is 17.0 Å². The molecule has 0 saturated carbocycles. The lowest BCUT2D eigenvalue weighted by Crippen LogP contribution is -2.08. The summed E-state index contributed by atoms with van der Waals surface area (Å²) < 4.78 is 5.85. The third-order valence-corrected chi connectivity index (χ3v) is 3.80. The van der Waals surface area contributed by atoms with Crippen LogP contribution in [0.2, 0.25) is 0 Å². The van der Waals surface area contributed by atoms with Crippen LogP contribution in [0.3, 0.4) is 0 Å². The van der Waals surface area contributed by atoms with Gasteiger partial charge in [-0.1, -0.05) is 17.9 Å². The third kappa shape index (κ3) is 4.52. The van der Waals surface area contributed by atoms with Gasteiger partial charge in [0, 0.05) is 37.8 Å². The highest BCUT2D eigenvalue weighted by molar-refractivity contribution is 7.10. The van der Waals surface area contributed by atoms with E-state index in [0.29, 0.717) is 13.0 Å². The maximum absolute atomic E-state index is 8.76. The average Bonchev–Trinajstić information content (AvgIpc) is 2.93. The fourth-order valence-corrected chi connectivity index (χ4v) is 2.52. The second kappa shape index (κ2) is 7.72. The van der Waals surface area contributed by atoms with Gasteiger partial charge >= 0.3 is 0 Å². The molecule has 1 aromatic carbocycles. The van der Waals surface area contributed by atoms with Gasteiger partial charge in [-0.2, -0.15) is 0 Å². The Kier molecular flexibility index (Phi) is 5.68. The van der Waals surface area contributed by atoms with Gasteiger partial charge < -0.3 is 14.7 Å². The predicted molar refractivity (Wildman–Crippen MR) is 88.0 cm³/mol. The Morgan fingerprint density at radius 1 is 1.29 bits per heavy atom. The molecule has 0 amide bonds. The van der Waals surface area contributed by atoms with Gasteiger partial charge in [0.25, 0.3) is 0 Å². The Morgan fingerprint density at radius 2 is 2.14 bits per heavy atom. The maximum Gasteiger partial charge on any atom is 0.124 e. The molecule has 3 nitrogen and oxygen atoms in total. The van der Waals surface area contributed by atoms with E-state index < -0.39 is 0 Å². The molecule has 0 radical (unpaired) electrons. The van der Waals surface area contributed by atoms with E-state index in [0.717, 1.165) is 21.9 Å². The number of rotatable bonds is 5. The van der Waals surface area contributed by atoms with Gasteiger partial charge in [-0.3, -0.25) is 0 Å². The van der Waals surface area contributed by atoms with E-state index in [1.165, 1.54) is 0 Å². The summed E-state index contributed by atoms with van der Waals surface area (Å²) in [4.78, 5) is 3.15. The molecule has 0 fully saturated rings. The Morgan fingerprint density at radius 3 is 2.90 bits per heavy atom. The fraction of sp³-hybridized carbons (Fsp3) is 0.294. The summed E-state index contributed by atoms with van der Waals surface area (Å²) in [6.07, 6.45) is 0.501. The van der Waals surface area contributed by atoms with E-state index in [2.05, 4.69) is 11.8 Å². The normalized spacial score (nSPS) is 9.86. The number of thiophene rings is 1. The lowest BCUT2D eigenvalue weighted by atomic mass is 10.2. The molecule has 110 valence electrons. The number of hydrogen-bond acceptors (Lipinski definition) is 4. The highest BCUT2D eigenvalue weighted by Crippen LogP contribution is 2.22. The number of nitrogens with zero attached hydrogens (tertiary/aromatic N) is 1. The van der Waals surface area contributed by atoms with Crippen LogP contribution < -0.4 is 9.64 Å². The van der Waals surface area contributed by atoms with Crippen LogP contribution in [0, 0.1) is 11.8 Å². The Hall–Kier alpha value is -1.96. The molecule has 0 aliphatic rings. The van der Waals surface area contributed by atoms with Crippen LogP contribution in [0.4, 0.5) is 5.69 Å². The number of anilines is 1. The number of hydrogen-bond donors (Lipinski definition) is 1. The van der Waals surface area contributed by atoms with Crippen molar-refractivity contribution in [2.24, 2.45) is 0 Å². The van der Waals surface area contributed by atoms with Crippen molar-refractivity contribution < 1.29 is 9.84 Å². The SMILES string of the molecule is CN(C)c1cccc(OCc2sccc2C#CCCO)c1. The molecule has 0 bridgehead atoms. The smallest absolute Gasteiger partial charge is 0.124 e. The van der Waals surface area contributed by atoms with Crippen LogP contribution in [0.15, 0.2) is 35.7 Å². The zero-order valence-electron chi connectivity index (χ0n) is 12.3. The Labute approximate surface area is 129 Å². The topological polar surface area (TPSA) is 32.7 Å². The van der Waals surface area contributed by atoms with Gasteiger partial charge in [0.2, 0.25) is 0 Å². The minimum Gasteiger partial charge on any atom is -0.488 e. The first-order valence-electron chi connectivity index (χ1n) is 6.77. The molecule has 0 aliphatic heterocycles. The quantitative estimate of drug-likeness (QED) is 0.861. The molecule has 0 unspecified atom stereocenters. The minimum absolute atomic E-state index is 0.0975. The first kappa shape index (κ1) is 15.4. The van der Waals surface area contributed by atoms with Gasteiger partial charge in [-0.15, -0.1) is 11.3 Å². The standard InChI is InChI=1S/C17H19NO2S/c1-18(2)15-7-5-8-16(12-15)20-13-17-14(9-11-21-17)6-3-4-10-19/h5,7-9,11-12,19H,4,10,13H2,1-2H3. The van der Waals surface area contributed by atoms with Crippen molar-refractivity contribution in [2.75, 3.05) is 25.6 Å². The fourth-order valence-electron chi connectivity index (χ4n) is 1.78. The molecule has 0 atom stereocenters. The molecule has 1 heterocycles. The van der Waals surface area contributed by atoms with Gasteiger partial charge in [0.05, 0.1) is 11.5 Å². The molecule has 21 heavy (non-hydrogen) atoms. The monoisotopic (exact) mass is 301 g/mol. The van der Waals surface area contributed by atoms with Crippen molar-refractivity contribution in [2.45, 2.75) is 13.0 Å². The lowest BCUT2D eigenvalue weighted by molar-refractivity contribution is 0.305. The Balaban J connectivity index is 2.02. The van der Waals surface area contributed by atoms with Crippen molar-refractivity contribution in [1.29, 1.82) is 0 Å². The molecule has 2 aromatic rings. The highest BCUT2D eigenvalue weighted by Gasteiger charge is 2.04. The summed E-state index contributed by atoms with van der Waals surface area (Å²) in [6, 6.07) is 10.00. The van der Waals surface area contributed by atoms with Gasteiger partial charge in [0.15, 0.2) is 0 Å². The molecular formula is C17H19NO2S. The second-order valence-electron chi connectivity index (χ2n) is 4.71. The summed E-state index contributed by atoms with van der Waals surface area (Å²) in [5.74, 6) is 6.87. The summed E-state index contributed by atoms with van der Waals surface area (Å²) in [7, 11) is 4.01. The number of ether oxygens (including phenoxy) is 1. The number of aliphatic hydroxyl groups excluding tert-OH is 1. The first-order chi connectivity index (χ1) is 10.2.